The minimum absolute atomic E-state index is 0.0514. The van der Waals surface area contributed by atoms with Crippen LogP contribution in [0.25, 0.3) is 0 Å². The van der Waals surface area contributed by atoms with Crippen LogP contribution in [0.2, 0.25) is 0 Å². The largest absolute Gasteiger partial charge is 0.445 e. The predicted octanol–water partition coefficient (Wildman–Crippen LogP) is 2.14. The number of alkyl halides is 1. The van der Waals surface area contributed by atoms with E-state index < -0.39 is 6.09 Å². The van der Waals surface area contributed by atoms with Gasteiger partial charge in [-0.3, -0.25) is 4.79 Å². The highest BCUT2D eigenvalue weighted by Crippen LogP contribution is 2.24. The van der Waals surface area contributed by atoms with Crippen molar-refractivity contribution in [1.29, 1.82) is 0 Å². The zero-order valence-electron chi connectivity index (χ0n) is 11.1. The quantitative estimate of drug-likeness (QED) is 0.552. The van der Waals surface area contributed by atoms with E-state index in [4.69, 9.17) is 9.47 Å². The van der Waals surface area contributed by atoms with Gasteiger partial charge in [-0.15, -0.1) is 0 Å². The van der Waals surface area contributed by atoms with E-state index in [1.165, 1.54) is 6.08 Å². The van der Waals surface area contributed by atoms with Crippen molar-refractivity contribution >= 4 is 27.8 Å². The lowest BCUT2D eigenvalue weighted by Gasteiger charge is -2.39. The van der Waals surface area contributed by atoms with Crippen molar-refractivity contribution in [3.63, 3.8) is 0 Å². The van der Waals surface area contributed by atoms with Crippen molar-refractivity contribution in [2.24, 2.45) is 0 Å². The number of ketones is 1. The topological polar surface area (TPSA) is 55.8 Å². The summed E-state index contributed by atoms with van der Waals surface area (Å²) >= 11 is 3.14. The summed E-state index contributed by atoms with van der Waals surface area (Å²) in [5.74, 6) is 0.0514. The number of likely N-dealkylation sites (tertiary alicyclic amines) is 1. The fraction of sp³-hybridized carbons (Fsp3) is 0.692. The monoisotopic (exact) mass is 333 g/mol. The van der Waals surface area contributed by atoms with Crippen molar-refractivity contribution in [2.75, 3.05) is 25.6 Å². The number of halogens is 1. The normalized spacial score (nSPS) is 22.9. The zero-order valence-corrected chi connectivity index (χ0v) is 12.7. The van der Waals surface area contributed by atoms with Crippen molar-refractivity contribution in [1.82, 2.24) is 4.90 Å². The van der Waals surface area contributed by atoms with Crippen LogP contribution in [-0.2, 0) is 14.3 Å². The Bertz CT molecular complexity index is 335. The van der Waals surface area contributed by atoms with Crippen LogP contribution in [0, 0.1) is 0 Å². The average Bonchev–Trinajstić information content (AvgIpc) is 2.44. The first-order valence-corrected chi connectivity index (χ1v) is 7.41. The van der Waals surface area contributed by atoms with Gasteiger partial charge in [-0.25, -0.2) is 4.79 Å². The molecule has 108 valence electrons. The minimum Gasteiger partial charge on any atom is -0.445 e. The maximum absolute atomic E-state index is 12.0. The second-order valence-corrected chi connectivity index (χ2v) is 4.98. The molecule has 1 heterocycles. The predicted molar refractivity (Wildman–Crippen MR) is 75.5 cm³/mol. The minimum atomic E-state index is -0.408. The van der Waals surface area contributed by atoms with Crippen LogP contribution in [0.15, 0.2) is 12.7 Å². The fourth-order valence-electron chi connectivity index (χ4n) is 2.27. The molecular weight excluding hydrogens is 314 g/mol. The third kappa shape index (κ3) is 4.62. The maximum Gasteiger partial charge on any atom is 0.410 e. The average molecular weight is 334 g/mol. The Hall–Kier alpha value is -0.880. The SMILES string of the molecule is C=CCOC(=O)N1CCC[C@H](OC)[C@H]1CC(=O)CBr. The molecule has 1 amide bonds. The first-order valence-electron chi connectivity index (χ1n) is 6.28. The molecule has 1 aliphatic heterocycles. The van der Waals surface area contributed by atoms with E-state index in [9.17, 15) is 9.59 Å². The van der Waals surface area contributed by atoms with E-state index in [1.54, 1.807) is 12.0 Å². The van der Waals surface area contributed by atoms with Crippen molar-refractivity contribution in [3.8, 4) is 0 Å². The molecule has 5 nitrogen and oxygen atoms in total. The lowest BCUT2D eigenvalue weighted by atomic mass is 9.95. The molecule has 19 heavy (non-hydrogen) atoms. The number of piperidine rings is 1. The van der Waals surface area contributed by atoms with E-state index in [0.29, 0.717) is 6.54 Å². The van der Waals surface area contributed by atoms with Gasteiger partial charge in [0.15, 0.2) is 0 Å². The van der Waals surface area contributed by atoms with Crippen molar-refractivity contribution in [2.45, 2.75) is 31.4 Å². The number of hydrogen-bond acceptors (Lipinski definition) is 4. The van der Waals surface area contributed by atoms with Gasteiger partial charge in [0, 0.05) is 20.1 Å². The second-order valence-electron chi connectivity index (χ2n) is 4.42. The number of carbonyl (C=O) groups excluding carboxylic acids is 2. The Morgan fingerprint density at radius 2 is 2.26 bits per heavy atom. The summed E-state index contributed by atoms with van der Waals surface area (Å²) < 4.78 is 10.5. The molecule has 0 unspecified atom stereocenters. The molecule has 0 bridgehead atoms. The number of nitrogens with zero attached hydrogens (tertiary/aromatic N) is 1. The summed E-state index contributed by atoms with van der Waals surface area (Å²) in [6.45, 7) is 4.27. The van der Waals surface area contributed by atoms with Crippen LogP contribution in [0.1, 0.15) is 19.3 Å². The van der Waals surface area contributed by atoms with Gasteiger partial charge in [-0.1, -0.05) is 28.6 Å². The summed E-state index contributed by atoms with van der Waals surface area (Å²) in [4.78, 5) is 25.2. The number of ether oxygens (including phenoxy) is 2. The van der Waals surface area contributed by atoms with Gasteiger partial charge < -0.3 is 14.4 Å². The highest BCUT2D eigenvalue weighted by Gasteiger charge is 2.36. The molecule has 1 rings (SSSR count). The number of methoxy groups -OCH3 is 1. The van der Waals surface area contributed by atoms with E-state index in [2.05, 4.69) is 22.5 Å². The molecule has 0 aromatic heterocycles. The molecule has 6 heteroatoms. The van der Waals surface area contributed by atoms with Gasteiger partial charge in [-0.05, 0) is 12.8 Å². The first-order chi connectivity index (χ1) is 9.13. The van der Waals surface area contributed by atoms with Gasteiger partial charge in [0.2, 0.25) is 0 Å². The molecule has 0 aromatic carbocycles. The molecule has 0 aromatic rings. The van der Waals surface area contributed by atoms with E-state index >= 15 is 0 Å². The summed E-state index contributed by atoms with van der Waals surface area (Å²) in [5, 5.41) is 0.287. The van der Waals surface area contributed by atoms with Crippen LogP contribution >= 0.6 is 15.9 Å². The molecule has 2 atom stereocenters. The number of rotatable bonds is 6. The first kappa shape index (κ1) is 16.2. The van der Waals surface area contributed by atoms with Crippen LogP contribution in [0.3, 0.4) is 0 Å². The molecule has 1 saturated heterocycles. The van der Waals surface area contributed by atoms with Crippen molar-refractivity contribution in [3.05, 3.63) is 12.7 Å². The number of carbonyl (C=O) groups is 2. The highest BCUT2D eigenvalue weighted by molar-refractivity contribution is 9.09. The summed E-state index contributed by atoms with van der Waals surface area (Å²) in [5.41, 5.74) is 0. The van der Waals surface area contributed by atoms with Gasteiger partial charge in [0.25, 0.3) is 0 Å². The van der Waals surface area contributed by atoms with E-state index in [-0.39, 0.29) is 36.3 Å². The van der Waals surface area contributed by atoms with Crippen LogP contribution in [0.4, 0.5) is 4.79 Å². The summed E-state index contributed by atoms with van der Waals surface area (Å²) in [6, 6.07) is -0.249. The fourth-order valence-corrected chi connectivity index (χ4v) is 2.49. The Kier molecular flexibility index (Phi) is 7.09. The Labute approximate surface area is 122 Å². The molecule has 1 aliphatic rings. The third-order valence-electron chi connectivity index (χ3n) is 3.16. The molecule has 0 saturated carbocycles. The number of hydrogen-bond donors (Lipinski definition) is 0. The highest BCUT2D eigenvalue weighted by atomic mass is 79.9. The standard InChI is InChI=1S/C13H20BrNO4/c1-3-7-19-13(17)15-6-4-5-12(18-2)11(15)8-10(16)9-14/h3,11-12H,1,4-9H2,2H3/t11-,12+/m1/s1. The third-order valence-corrected chi connectivity index (χ3v) is 3.79. The van der Waals surface area contributed by atoms with Gasteiger partial charge in [-0.2, -0.15) is 0 Å². The van der Waals surface area contributed by atoms with Gasteiger partial charge in [0.05, 0.1) is 17.5 Å². The van der Waals surface area contributed by atoms with Crippen LogP contribution in [-0.4, -0.2) is 54.5 Å². The van der Waals surface area contributed by atoms with Crippen LogP contribution in [0.5, 0.6) is 0 Å². The lowest BCUT2D eigenvalue weighted by molar-refractivity contribution is -0.119. The van der Waals surface area contributed by atoms with E-state index in [0.717, 1.165) is 12.8 Å². The zero-order chi connectivity index (χ0) is 14.3. The molecule has 1 fully saturated rings. The molecule has 0 spiro atoms. The number of Topliss-reactive ketones (excluding diaryl/α,β-unsaturated/α-hetero) is 1. The van der Waals surface area contributed by atoms with E-state index in [1.807, 2.05) is 0 Å². The maximum atomic E-state index is 12.0. The Balaban J connectivity index is 2.75. The smallest absolute Gasteiger partial charge is 0.410 e. The molecular formula is C13H20BrNO4. The van der Waals surface area contributed by atoms with Gasteiger partial charge in [0.1, 0.15) is 12.4 Å². The lowest BCUT2D eigenvalue weighted by Crippen LogP contribution is -2.52. The number of amides is 1. The van der Waals surface area contributed by atoms with Crippen molar-refractivity contribution < 1.29 is 19.1 Å². The molecule has 0 N–H and O–H groups in total. The van der Waals surface area contributed by atoms with Gasteiger partial charge >= 0.3 is 6.09 Å². The second kappa shape index (κ2) is 8.32. The molecule has 0 aliphatic carbocycles. The summed E-state index contributed by atoms with van der Waals surface area (Å²) in [7, 11) is 1.61. The summed E-state index contributed by atoms with van der Waals surface area (Å²) in [6.07, 6.45) is 2.98. The molecule has 0 radical (unpaired) electrons. The Morgan fingerprint density at radius 3 is 2.84 bits per heavy atom. The Morgan fingerprint density at radius 1 is 1.53 bits per heavy atom. The van der Waals surface area contributed by atoms with Crippen LogP contribution < -0.4 is 0 Å².